The second kappa shape index (κ2) is 5.38. The summed E-state index contributed by atoms with van der Waals surface area (Å²) < 4.78 is 5.96. The summed E-state index contributed by atoms with van der Waals surface area (Å²) >= 11 is 1.33. The first-order chi connectivity index (χ1) is 9.76. The van der Waals surface area contributed by atoms with Gasteiger partial charge < -0.3 is 5.73 Å². The molecule has 0 aliphatic carbocycles. The molecular formula is C13H14N6S. The fourth-order valence-corrected chi connectivity index (χ4v) is 2.42. The summed E-state index contributed by atoms with van der Waals surface area (Å²) in [5.74, 6) is 1.51. The van der Waals surface area contributed by atoms with Crippen LogP contribution in [0.2, 0.25) is 0 Å². The van der Waals surface area contributed by atoms with Gasteiger partial charge in [0.15, 0.2) is 5.82 Å². The van der Waals surface area contributed by atoms with Crippen molar-refractivity contribution in [2.24, 2.45) is 0 Å². The van der Waals surface area contributed by atoms with Gasteiger partial charge in [-0.3, -0.25) is 0 Å². The monoisotopic (exact) mass is 286 g/mol. The highest BCUT2D eigenvalue weighted by molar-refractivity contribution is 7.08. The molecule has 0 aliphatic rings. The maximum atomic E-state index is 5.67. The van der Waals surface area contributed by atoms with E-state index in [-0.39, 0.29) is 0 Å². The molecule has 0 aliphatic heterocycles. The summed E-state index contributed by atoms with van der Waals surface area (Å²) in [7, 11) is 0. The molecule has 0 radical (unpaired) electrons. The van der Waals surface area contributed by atoms with Crippen LogP contribution in [0.3, 0.4) is 0 Å². The van der Waals surface area contributed by atoms with Crippen molar-refractivity contribution in [3.63, 3.8) is 0 Å². The molecule has 0 amide bonds. The van der Waals surface area contributed by atoms with Crippen molar-refractivity contribution >= 4 is 17.2 Å². The van der Waals surface area contributed by atoms with Gasteiger partial charge in [0.05, 0.1) is 0 Å². The Morgan fingerprint density at radius 2 is 2.05 bits per heavy atom. The van der Waals surface area contributed by atoms with Crippen LogP contribution >= 0.6 is 11.5 Å². The molecule has 0 spiro atoms. The third-order valence-corrected chi connectivity index (χ3v) is 3.53. The molecule has 0 bridgehead atoms. The van der Waals surface area contributed by atoms with E-state index in [1.807, 2.05) is 24.3 Å². The Labute approximate surface area is 120 Å². The van der Waals surface area contributed by atoms with Crippen LogP contribution in [0.25, 0.3) is 16.5 Å². The van der Waals surface area contributed by atoms with E-state index < -0.39 is 0 Å². The molecule has 2 aromatic heterocycles. The molecule has 20 heavy (non-hydrogen) atoms. The van der Waals surface area contributed by atoms with Crippen molar-refractivity contribution < 1.29 is 0 Å². The molecule has 2 heterocycles. The Morgan fingerprint density at radius 1 is 1.25 bits per heavy atom. The predicted molar refractivity (Wildman–Crippen MR) is 78.7 cm³/mol. The third kappa shape index (κ3) is 2.53. The van der Waals surface area contributed by atoms with Gasteiger partial charge in [0.1, 0.15) is 12.2 Å². The second-order valence-electron chi connectivity index (χ2n) is 4.38. The predicted octanol–water partition coefficient (Wildman–Crippen LogP) is 2.32. The fourth-order valence-electron chi connectivity index (χ4n) is 1.78. The number of nitrogens with two attached hydrogens (primary N) is 1. The SMILES string of the molecule is CCCc1nsc(-n2cnc(-c3ccc(N)cc3)n2)n1. The zero-order chi connectivity index (χ0) is 13.9. The summed E-state index contributed by atoms with van der Waals surface area (Å²) in [6.07, 6.45) is 3.57. The van der Waals surface area contributed by atoms with Crippen LogP contribution in [-0.2, 0) is 6.42 Å². The number of nitrogen functional groups attached to an aromatic ring is 1. The van der Waals surface area contributed by atoms with Crippen LogP contribution < -0.4 is 5.73 Å². The lowest BCUT2D eigenvalue weighted by Crippen LogP contribution is -1.95. The highest BCUT2D eigenvalue weighted by atomic mass is 32.1. The minimum atomic E-state index is 0.650. The lowest BCUT2D eigenvalue weighted by atomic mass is 10.2. The maximum absolute atomic E-state index is 5.67. The number of hydrogen-bond donors (Lipinski definition) is 1. The standard InChI is InChI=1S/C13H14N6S/c1-2-3-11-16-13(20-18-11)19-8-15-12(17-19)9-4-6-10(14)7-5-9/h4-8H,2-3,14H2,1H3. The van der Waals surface area contributed by atoms with E-state index in [1.165, 1.54) is 11.5 Å². The van der Waals surface area contributed by atoms with Gasteiger partial charge in [-0.1, -0.05) is 6.92 Å². The largest absolute Gasteiger partial charge is 0.399 e. The van der Waals surface area contributed by atoms with E-state index in [9.17, 15) is 0 Å². The van der Waals surface area contributed by atoms with Gasteiger partial charge in [-0.05, 0) is 30.7 Å². The summed E-state index contributed by atoms with van der Waals surface area (Å²) in [5, 5.41) is 5.17. The molecule has 3 aromatic rings. The van der Waals surface area contributed by atoms with Gasteiger partial charge in [-0.15, -0.1) is 5.10 Å². The Bertz CT molecular complexity index is 700. The first-order valence-electron chi connectivity index (χ1n) is 6.37. The first kappa shape index (κ1) is 12.7. The van der Waals surface area contributed by atoms with Gasteiger partial charge in [-0.2, -0.15) is 9.06 Å². The van der Waals surface area contributed by atoms with Crippen molar-refractivity contribution in [3.05, 3.63) is 36.4 Å². The van der Waals surface area contributed by atoms with E-state index in [2.05, 4.69) is 26.4 Å². The van der Waals surface area contributed by atoms with Gasteiger partial charge >= 0.3 is 0 Å². The molecule has 3 rings (SSSR count). The quantitative estimate of drug-likeness (QED) is 0.744. The lowest BCUT2D eigenvalue weighted by molar-refractivity contribution is 0.826. The average molecular weight is 286 g/mol. The Kier molecular flexibility index (Phi) is 3.42. The van der Waals surface area contributed by atoms with Crippen molar-refractivity contribution in [2.45, 2.75) is 19.8 Å². The van der Waals surface area contributed by atoms with Crippen LogP contribution in [0, 0.1) is 0 Å². The molecular weight excluding hydrogens is 272 g/mol. The summed E-state index contributed by atoms with van der Waals surface area (Å²) in [6, 6.07) is 7.47. The van der Waals surface area contributed by atoms with E-state index >= 15 is 0 Å². The lowest BCUT2D eigenvalue weighted by Gasteiger charge is -1.96. The highest BCUT2D eigenvalue weighted by Gasteiger charge is 2.09. The molecule has 0 saturated carbocycles. The first-order valence-corrected chi connectivity index (χ1v) is 7.14. The van der Waals surface area contributed by atoms with Gasteiger partial charge in [0, 0.05) is 29.2 Å². The van der Waals surface area contributed by atoms with E-state index in [4.69, 9.17) is 5.73 Å². The van der Waals surface area contributed by atoms with Crippen molar-refractivity contribution in [3.8, 4) is 16.5 Å². The van der Waals surface area contributed by atoms with E-state index in [1.54, 1.807) is 11.0 Å². The van der Waals surface area contributed by atoms with Crippen molar-refractivity contribution in [2.75, 3.05) is 5.73 Å². The maximum Gasteiger partial charge on any atom is 0.231 e. The Hall–Kier alpha value is -2.28. The van der Waals surface area contributed by atoms with Crippen LogP contribution in [0.15, 0.2) is 30.6 Å². The summed E-state index contributed by atoms with van der Waals surface area (Å²) in [4.78, 5) is 8.74. The van der Waals surface area contributed by atoms with Crippen LogP contribution in [0.1, 0.15) is 19.2 Å². The topological polar surface area (TPSA) is 82.5 Å². The smallest absolute Gasteiger partial charge is 0.231 e. The number of benzene rings is 1. The van der Waals surface area contributed by atoms with Crippen LogP contribution in [0.4, 0.5) is 5.69 Å². The molecule has 7 heteroatoms. The zero-order valence-corrected chi connectivity index (χ0v) is 11.8. The third-order valence-electron chi connectivity index (χ3n) is 2.79. The number of anilines is 1. The summed E-state index contributed by atoms with van der Waals surface area (Å²) in [6.45, 7) is 2.11. The molecule has 0 unspecified atom stereocenters. The second-order valence-corrected chi connectivity index (χ2v) is 5.11. The molecule has 2 N–H and O–H groups in total. The number of rotatable bonds is 4. The van der Waals surface area contributed by atoms with Crippen molar-refractivity contribution in [1.82, 2.24) is 24.1 Å². The molecule has 1 aromatic carbocycles. The van der Waals surface area contributed by atoms with Crippen LogP contribution in [0.5, 0.6) is 0 Å². The Morgan fingerprint density at radius 3 is 2.80 bits per heavy atom. The van der Waals surface area contributed by atoms with E-state index in [0.29, 0.717) is 5.82 Å². The minimum absolute atomic E-state index is 0.650. The number of nitrogens with zero attached hydrogens (tertiary/aromatic N) is 5. The molecule has 6 nitrogen and oxygen atoms in total. The van der Waals surface area contributed by atoms with Crippen LogP contribution in [-0.4, -0.2) is 24.1 Å². The minimum Gasteiger partial charge on any atom is -0.399 e. The van der Waals surface area contributed by atoms with Gasteiger partial charge in [-0.25, -0.2) is 9.97 Å². The molecule has 0 saturated heterocycles. The Balaban J connectivity index is 1.87. The molecule has 0 fully saturated rings. The molecule has 0 atom stereocenters. The number of aromatic nitrogens is 5. The summed E-state index contributed by atoms with van der Waals surface area (Å²) in [5.41, 5.74) is 7.32. The molecule has 102 valence electrons. The van der Waals surface area contributed by atoms with Gasteiger partial charge in [0.25, 0.3) is 0 Å². The average Bonchev–Trinajstić information content (AvgIpc) is 3.08. The fraction of sp³-hybridized carbons (Fsp3) is 0.231. The van der Waals surface area contributed by atoms with Gasteiger partial charge in [0.2, 0.25) is 5.13 Å². The normalized spacial score (nSPS) is 10.8. The number of aryl methyl sites for hydroxylation is 1. The van der Waals surface area contributed by atoms with Crippen molar-refractivity contribution in [1.29, 1.82) is 0 Å². The highest BCUT2D eigenvalue weighted by Crippen LogP contribution is 2.18. The number of hydrogen-bond acceptors (Lipinski definition) is 6. The zero-order valence-electron chi connectivity index (χ0n) is 11.0. The van der Waals surface area contributed by atoms with E-state index in [0.717, 1.165) is 35.0 Å².